The molecule has 134 valence electrons. The Morgan fingerprint density at radius 3 is 2.77 bits per heavy atom. The Kier molecular flexibility index (Phi) is 3.54. The van der Waals surface area contributed by atoms with Crippen LogP contribution >= 0.6 is 11.6 Å². The molecular formula is C21H18ClFNO2-. The third-order valence-corrected chi connectivity index (χ3v) is 6.96. The molecule has 0 saturated heterocycles. The first-order chi connectivity index (χ1) is 12.5. The van der Waals surface area contributed by atoms with Crippen LogP contribution in [-0.2, 0) is 0 Å². The minimum atomic E-state index is -1.16. The van der Waals surface area contributed by atoms with Crippen molar-refractivity contribution in [3.8, 4) is 0 Å². The fraction of sp³-hybridized carbons (Fsp3) is 0.381. The minimum absolute atomic E-state index is 0.190. The number of carboxylic acids is 1. The Morgan fingerprint density at radius 1 is 1.19 bits per heavy atom. The van der Waals surface area contributed by atoms with Crippen molar-refractivity contribution in [3.05, 3.63) is 63.9 Å². The summed E-state index contributed by atoms with van der Waals surface area (Å²) in [5.74, 6) is 0.0598. The highest BCUT2D eigenvalue weighted by molar-refractivity contribution is 6.31. The van der Waals surface area contributed by atoms with E-state index in [4.69, 9.17) is 11.6 Å². The van der Waals surface area contributed by atoms with Gasteiger partial charge in [-0.2, -0.15) is 0 Å². The van der Waals surface area contributed by atoms with Crippen LogP contribution in [-0.4, -0.2) is 5.97 Å². The molecule has 5 rings (SSSR count). The summed E-state index contributed by atoms with van der Waals surface area (Å²) in [4.78, 5) is 11.3. The molecule has 2 fully saturated rings. The first kappa shape index (κ1) is 16.1. The average molecular weight is 371 g/mol. The number of hydrogen-bond acceptors (Lipinski definition) is 3. The number of anilines is 1. The van der Waals surface area contributed by atoms with Gasteiger partial charge in [0.25, 0.3) is 0 Å². The number of rotatable bonds is 2. The summed E-state index contributed by atoms with van der Waals surface area (Å²) in [6.45, 7) is 0. The van der Waals surface area contributed by atoms with Crippen LogP contribution in [0.3, 0.4) is 0 Å². The molecule has 3 aliphatic rings. The second-order valence-corrected chi connectivity index (χ2v) is 8.19. The van der Waals surface area contributed by atoms with Crippen molar-refractivity contribution >= 4 is 23.3 Å². The van der Waals surface area contributed by atoms with E-state index >= 15 is 0 Å². The van der Waals surface area contributed by atoms with Gasteiger partial charge in [-0.25, -0.2) is 4.39 Å². The summed E-state index contributed by atoms with van der Waals surface area (Å²) in [5, 5.41) is 15.2. The van der Waals surface area contributed by atoms with Gasteiger partial charge in [0.05, 0.1) is 12.0 Å². The monoisotopic (exact) mass is 370 g/mol. The third-order valence-electron chi connectivity index (χ3n) is 6.63. The van der Waals surface area contributed by atoms with E-state index in [-0.39, 0.29) is 29.3 Å². The van der Waals surface area contributed by atoms with Crippen LogP contribution in [0.1, 0.15) is 52.7 Å². The maximum absolute atomic E-state index is 14.7. The number of benzene rings is 2. The van der Waals surface area contributed by atoms with E-state index in [1.165, 1.54) is 6.07 Å². The molecule has 2 aromatic carbocycles. The Morgan fingerprint density at radius 2 is 2.00 bits per heavy atom. The molecule has 5 heteroatoms. The summed E-state index contributed by atoms with van der Waals surface area (Å²) >= 11 is 6.38. The van der Waals surface area contributed by atoms with E-state index in [0.717, 1.165) is 30.5 Å². The molecule has 1 N–H and O–H groups in total. The highest BCUT2D eigenvalue weighted by Crippen LogP contribution is 2.64. The molecule has 0 unspecified atom stereocenters. The second-order valence-electron chi connectivity index (χ2n) is 7.78. The van der Waals surface area contributed by atoms with Crippen LogP contribution < -0.4 is 10.4 Å². The van der Waals surface area contributed by atoms with E-state index in [1.54, 1.807) is 30.3 Å². The average Bonchev–Trinajstić information content (AvgIpc) is 3.23. The van der Waals surface area contributed by atoms with Crippen molar-refractivity contribution < 1.29 is 14.3 Å². The Labute approximate surface area is 156 Å². The lowest BCUT2D eigenvalue weighted by molar-refractivity contribution is -0.255. The van der Waals surface area contributed by atoms with Crippen molar-refractivity contribution in [2.75, 3.05) is 5.32 Å². The number of carbonyl (C=O) groups excluding carboxylic acids is 1. The number of fused-ring (bicyclic) bond motifs is 7. The quantitative estimate of drug-likeness (QED) is 0.864. The highest BCUT2D eigenvalue weighted by Gasteiger charge is 2.54. The standard InChI is InChI=1S/C21H19ClFNO2/c22-14-2-1-3-15(23)19(14)20-18-11-5-4-10(8-11)17(18)13-9-12(21(25)26)6-7-16(13)24-20/h1-3,6-7,9-11,17-18,20,24H,4-5,8H2,(H,25,26)/p-1/t10-,11-,17+,18+,20-/m0/s1. The summed E-state index contributed by atoms with van der Waals surface area (Å²) < 4.78 is 14.7. The van der Waals surface area contributed by atoms with Crippen molar-refractivity contribution in [2.45, 2.75) is 31.2 Å². The van der Waals surface area contributed by atoms with Gasteiger partial charge < -0.3 is 15.2 Å². The zero-order chi connectivity index (χ0) is 18.0. The Balaban J connectivity index is 1.67. The van der Waals surface area contributed by atoms with Crippen molar-refractivity contribution in [1.29, 1.82) is 0 Å². The molecule has 1 heterocycles. The maximum atomic E-state index is 14.7. The first-order valence-electron chi connectivity index (χ1n) is 9.10. The van der Waals surface area contributed by atoms with Gasteiger partial charge in [-0.05, 0) is 78.3 Å². The number of hydrogen-bond donors (Lipinski definition) is 1. The Bertz CT molecular complexity index is 895. The van der Waals surface area contributed by atoms with Gasteiger partial charge in [-0.3, -0.25) is 0 Å². The van der Waals surface area contributed by atoms with Crippen LogP contribution in [0.5, 0.6) is 0 Å². The summed E-state index contributed by atoms with van der Waals surface area (Å²) in [6, 6.07) is 9.71. The molecule has 2 saturated carbocycles. The van der Waals surface area contributed by atoms with E-state index in [2.05, 4.69) is 5.32 Å². The van der Waals surface area contributed by atoms with Crippen LogP contribution in [0.15, 0.2) is 36.4 Å². The number of aromatic carboxylic acids is 1. The second kappa shape index (κ2) is 5.71. The van der Waals surface area contributed by atoms with Gasteiger partial charge in [0.15, 0.2) is 0 Å². The molecule has 0 radical (unpaired) electrons. The van der Waals surface area contributed by atoms with Crippen LogP contribution in [0.2, 0.25) is 5.02 Å². The van der Waals surface area contributed by atoms with Crippen molar-refractivity contribution in [1.82, 2.24) is 0 Å². The van der Waals surface area contributed by atoms with Crippen LogP contribution in [0.4, 0.5) is 10.1 Å². The molecule has 2 aromatic rings. The maximum Gasteiger partial charge on any atom is 0.129 e. The van der Waals surface area contributed by atoms with E-state index in [9.17, 15) is 14.3 Å². The molecular weight excluding hydrogens is 353 g/mol. The van der Waals surface area contributed by atoms with E-state index in [1.807, 2.05) is 0 Å². The molecule has 1 aliphatic heterocycles. The molecule has 0 aromatic heterocycles. The molecule has 2 bridgehead atoms. The topological polar surface area (TPSA) is 52.2 Å². The van der Waals surface area contributed by atoms with Gasteiger partial charge in [0, 0.05) is 16.3 Å². The molecule has 0 spiro atoms. The largest absolute Gasteiger partial charge is 0.545 e. The van der Waals surface area contributed by atoms with Crippen molar-refractivity contribution in [2.24, 2.45) is 17.8 Å². The summed E-state index contributed by atoms with van der Waals surface area (Å²) in [6.07, 6.45) is 3.42. The van der Waals surface area contributed by atoms with Gasteiger partial charge in [-0.1, -0.05) is 23.7 Å². The molecule has 5 atom stereocenters. The van der Waals surface area contributed by atoms with E-state index < -0.39 is 5.97 Å². The molecule has 26 heavy (non-hydrogen) atoms. The molecule has 2 aliphatic carbocycles. The lowest BCUT2D eigenvalue weighted by Gasteiger charge is -2.44. The van der Waals surface area contributed by atoms with Gasteiger partial charge in [-0.15, -0.1) is 0 Å². The van der Waals surface area contributed by atoms with Gasteiger partial charge >= 0.3 is 0 Å². The van der Waals surface area contributed by atoms with Gasteiger partial charge in [0.2, 0.25) is 0 Å². The minimum Gasteiger partial charge on any atom is -0.545 e. The zero-order valence-electron chi connectivity index (χ0n) is 14.0. The fourth-order valence-corrected chi connectivity index (χ4v) is 5.99. The lowest BCUT2D eigenvalue weighted by atomic mass is 9.68. The van der Waals surface area contributed by atoms with E-state index in [0.29, 0.717) is 22.4 Å². The lowest BCUT2D eigenvalue weighted by Crippen LogP contribution is -2.36. The normalized spacial score (nSPS) is 31.2. The fourth-order valence-electron chi connectivity index (χ4n) is 5.71. The number of carboxylic acid groups (broad SMARTS) is 1. The first-order valence-corrected chi connectivity index (χ1v) is 9.48. The SMILES string of the molecule is O=C([O-])c1ccc2c(c1)[C@H]1[C@H]3CC[C@@H](C3)[C@H]1[C@@H](c1c(F)cccc1Cl)N2. The number of carbonyl (C=O) groups is 1. The smallest absolute Gasteiger partial charge is 0.129 e. The number of halogens is 2. The Hall–Kier alpha value is -2.07. The van der Waals surface area contributed by atoms with Crippen LogP contribution in [0.25, 0.3) is 0 Å². The zero-order valence-corrected chi connectivity index (χ0v) is 14.8. The highest BCUT2D eigenvalue weighted by atomic mass is 35.5. The van der Waals surface area contributed by atoms with Crippen molar-refractivity contribution in [3.63, 3.8) is 0 Å². The predicted octanol–water partition coefficient (Wildman–Crippen LogP) is 4.14. The number of nitrogens with one attached hydrogen (secondary N) is 1. The predicted molar refractivity (Wildman–Crippen MR) is 95.6 cm³/mol. The van der Waals surface area contributed by atoms with Gasteiger partial charge in [0.1, 0.15) is 5.82 Å². The third kappa shape index (κ3) is 2.21. The summed E-state index contributed by atoms with van der Waals surface area (Å²) in [7, 11) is 0. The molecule has 3 nitrogen and oxygen atoms in total. The summed E-state index contributed by atoms with van der Waals surface area (Å²) in [5.41, 5.74) is 2.65. The molecule has 0 amide bonds. The van der Waals surface area contributed by atoms with Crippen LogP contribution in [0, 0.1) is 23.6 Å².